The summed E-state index contributed by atoms with van der Waals surface area (Å²) < 4.78 is 31.7. The minimum absolute atomic E-state index is 0.133. The van der Waals surface area contributed by atoms with Gasteiger partial charge in [-0.2, -0.15) is 13.2 Å². The molecule has 0 aliphatic carbocycles. The predicted molar refractivity (Wildman–Crippen MR) is 201 cm³/mol. The summed E-state index contributed by atoms with van der Waals surface area (Å²) in [4.78, 5) is 34.8. The van der Waals surface area contributed by atoms with Crippen molar-refractivity contribution in [3.8, 4) is 11.3 Å². The number of nitrogens with one attached hydrogen (secondary N) is 1. The highest BCUT2D eigenvalue weighted by Crippen LogP contribution is 2.27. The molecule has 4 aromatic rings. The van der Waals surface area contributed by atoms with Crippen molar-refractivity contribution in [3.63, 3.8) is 0 Å². The third kappa shape index (κ3) is 12.5. The molecule has 1 amide bonds. The normalized spacial score (nSPS) is 16.1. The minimum Gasteiger partial charge on any atom is -0.475 e. The zero-order valence-corrected chi connectivity index (χ0v) is 30.3. The average Bonchev–Trinajstić information content (AvgIpc) is 3.17. The number of rotatable bonds is 12. The van der Waals surface area contributed by atoms with Gasteiger partial charge in [0.1, 0.15) is 0 Å². The molecule has 0 atom stereocenters. The van der Waals surface area contributed by atoms with Crippen LogP contribution in [0.25, 0.3) is 11.3 Å². The van der Waals surface area contributed by atoms with Crippen LogP contribution in [0.3, 0.4) is 0 Å². The third-order valence-electron chi connectivity index (χ3n) is 10.0. The number of carbonyl (C=O) groups excluding carboxylic acids is 1. The zero-order valence-electron chi connectivity index (χ0n) is 30.3. The number of piperidine rings is 2. The molecule has 0 saturated carbocycles. The van der Waals surface area contributed by atoms with Crippen molar-refractivity contribution < 1.29 is 27.9 Å². The highest BCUT2D eigenvalue weighted by molar-refractivity contribution is 5.79. The first-order valence-electron chi connectivity index (χ1n) is 18.4. The number of amides is 1. The second kappa shape index (κ2) is 19.5. The van der Waals surface area contributed by atoms with Crippen LogP contribution in [-0.2, 0) is 35.6 Å². The second-order valence-electron chi connectivity index (χ2n) is 14.0. The van der Waals surface area contributed by atoms with Gasteiger partial charge < -0.3 is 20.2 Å². The van der Waals surface area contributed by atoms with Gasteiger partial charge in [0.15, 0.2) is 0 Å². The summed E-state index contributed by atoms with van der Waals surface area (Å²) in [5.41, 5.74) is 7.17. The van der Waals surface area contributed by atoms with Crippen molar-refractivity contribution in [3.05, 3.63) is 126 Å². The van der Waals surface area contributed by atoms with Gasteiger partial charge in [-0.15, -0.1) is 0 Å². The van der Waals surface area contributed by atoms with E-state index in [2.05, 4.69) is 124 Å². The van der Waals surface area contributed by atoms with Crippen molar-refractivity contribution in [2.75, 3.05) is 39.8 Å². The molecular weight excluding hydrogens is 679 g/mol. The van der Waals surface area contributed by atoms with Crippen LogP contribution in [0.1, 0.15) is 47.9 Å². The van der Waals surface area contributed by atoms with Gasteiger partial charge in [0.2, 0.25) is 5.91 Å². The Labute approximate surface area is 310 Å². The Morgan fingerprint density at radius 3 is 1.94 bits per heavy atom. The highest BCUT2D eigenvalue weighted by Gasteiger charge is 2.38. The van der Waals surface area contributed by atoms with Gasteiger partial charge >= 0.3 is 12.1 Å². The van der Waals surface area contributed by atoms with E-state index in [1.165, 1.54) is 22.3 Å². The summed E-state index contributed by atoms with van der Waals surface area (Å²) in [6, 6.07) is 34.6. The van der Waals surface area contributed by atoms with E-state index in [1.807, 2.05) is 6.20 Å². The van der Waals surface area contributed by atoms with Gasteiger partial charge in [-0.05, 0) is 87.1 Å². The number of hydrogen-bond donors (Lipinski definition) is 2. The molecule has 2 aliphatic heterocycles. The van der Waals surface area contributed by atoms with Crippen molar-refractivity contribution in [1.82, 2.24) is 25.0 Å². The van der Waals surface area contributed by atoms with Crippen molar-refractivity contribution in [2.45, 2.75) is 64.0 Å². The lowest BCUT2D eigenvalue weighted by Gasteiger charge is -2.41. The van der Waals surface area contributed by atoms with Gasteiger partial charge in [-0.3, -0.25) is 14.7 Å². The number of carboxylic acid groups (broad SMARTS) is 1. The topological polar surface area (TPSA) is 89.0 Å². The molecule has 0 radical (unpaired) electrons. The number of hydrogen-bond acceptors (Lipinski definition) is 6. The molecule has 2 fully saturated rings. The van der Waals surface area contributed by atoms with Crippen LogP contribution in [-0.4, -0.2) is 88.7 Å². The maximum atomic E-state index is 14.0. The zero-order chi connectivity index (χ0) is 37.6. The molecule has 3 heterocycles. The number of pyridine rings is 1. The summed E-state index contributed by atoms with van der Waals surface area (Å²) >= 11 is 0. The fraction of sp³-hybridized carbons (Fsp3) is 0.405. The van der Waals surface area contributed by atoms with Crippen LogP contribution in [0.2, 0.25) is 0 Å². The van der Waals surface area contributed by atoms with E-state index >= 15 is 0 Å². The summed E-state index contributed by atoms with van der Waals surface area (Å²) in [6.07, 6.45) is 1.89. The lowest BCUT2D eigenvalue weighted by molar-refractivity contribution is -0.192. The molecule has 0 bridgehead atoms. The van der Waals surface area contributed by atoms with E-state index in [0.29, 0.717) is 12.5 Å². The largest absolute Gasteiger partial charge is 0.490 e. The first-order chi connectivity index (χ1) is 25.5. The number of carboxylic acids is 1. The number of carbonyl (C=O) groups is 2. The SMILES string of the molecule is CN1CCC(C(=O)N(Cc2ccc(-c3ccc(CNCCc4ccccc4)cn3)cc2)C2CCN(Cc3ccccc3)CC2)CC1.O=C(O)C(F)(F)F. The Morgan fingerprint density at radius 2 is 1.38 bits per heavy atom. The van der Waals surface area contributed by atoms with Gasteiger partial charge in [0.05, 0.1) is 5.69 Å². The molecule has 0 spiro atoms. The number of aromatic nitrogens is 1. The molecule has 11 heteroatoms. The second-order valence-corrected chi connectivity index (χ2v) is 14.0. The maximum Gasteiger partial charge on any atom is 0.490 e. The van der Waals surface area contributed by atoms with E-state index in [9.17, 15) is 18.0 Å². The smallest absolute Gasteiger partial charge is 0.475 e. The van der Waals surface area contributed by atoms with Crippen LogP contribution in [0.15, 0.2) is 103 Å². The summed E-state index contributed by atoms with van der Waals surface area (Å²) in [6.45, 7) is 7.48. The molecule has 2 aliphatic rings. The monoisotopic (exact) mass is 729 g/mol. The van der Waals surface area contributed by atoms with E-state index < -0.39 is 12.1 Å². The van der Waals surface area contributed by atoms with Gasteiger partial charge in [-0.25, -0.2) is 4.79 Å². The Bertz CT molecular complexity index is 1690. The van der Waals surface area contributed by atoms with Crippen LogP contribution in [0.4, 0.5) is 13.2 Å². The number of halogens is 3. The molecule has 282 valence electrons. The van der Waals surface area contributed by atoms with E-state index in [0.717, 1.165) is 89.2 Å². The molecule has 2 saturated heterocycles. The van der Waals surface area contributed by atoms with Crippen molar-refractivity contribution in [2.24, 2.45) is 5.92 Å². The lowest BCUT2D eigenvalue weighted by Crippen LogP contribution is -2.50. The average molecular weight is 730 g/mol. The third-order valence-corrected chi connectivity index (χ3v) is 10.0. The number of benzene rings is 3. The fourth-order valence-electron chi connectivity index (χ4n) is 6.90. The number of nitrogens with zero attached hydrogens (tertiary/aromatic N) is 4. The van der Waals surface area contributed by atoms with Gasteiger partial charge in [-0.1, -0.05) is 91.0 Å². The number of alkyl halides is 3. The van der Waals surface area contributed by atoms with Crippen molar-refractivity contribution in [1.29, 1.82) is 0 Å². The summed E-state index contributed by atoms with van der Waals surface area (Å²) in [7, 11) is 2.16. The Kier molecular flexibility index (Phi) is 14.6. The summed E-state index contributed by atoms with van der Waals surface area (Å²) in [5.74, 6) is -2.27. The first kappa shape index (κ1) is 39.6. The van der Waals surface area contributed by atoms with E-state index in [4.69, 9.17) is 14.9 Å². The maximum absolute atomic E-state index is 14.0. The fourth-order valence-corrected chi connectivity index (χ4v) is 6.90. The Morgan fingerprint density at radius 1 is 0.792 bits per heavy atom. The van der Waals surface area contributed by atoms with Crippen LogP contribution in [0.5, 0.6) is 0 Å². The molecule has 3 aromatic carbocycles. The van der Waals surface area contributed by atoms with Gasteiger partial charge in [0.25, 0.3) is 0 Å². The van der Waals surface area contributed by atoms with Crippen LogP contribution < -0.4 is 5.32 Å². The molecule has 53 heavy (non-hydrogen) atoms. The van der Waals surface area contributed by atoms with Crippen LogP contribution >= 0.6 is 0 Å². The van der Waals surface area contributed by atoms with E-state index in [1.54, 1.807) is 0 Å². The standard InChI is InChI=1S/C40H49N5O.C2HF3O2/c1-43-24-19-37(20-25-43)40(46)45(38-21-26-44(27-22-38)30-33-10-6-3-7-11-33)31-34-12-15-36(16-13-34)39-17-14-35(29-42-39)28-41-23-18-32-8-4-2-5-9-32;3-2(4,5)1(6)7/h2-17,29,37-38,41H,18-28,30-31H2,1H3;(H,6,7). The molecule has 8 nitrogen and oxygen atoms in total. The molecular formula is C42H50F3N5O3. The minimum atomic E-state index is -5.08. The van der Waals surface area contributed by atoms with E-state index in [-0.39, 0.29) is 12.0 Å². The molecule has 0 unspecified atom stereocenters. The van der Waals surface area contributed by atoms with Crippen LogP contribution in [0, 0.1) is 5.92 Å². The lowest BCUT2D eigenvalue weighted by atomic mass is 9.93. The number of likely N-dealkylation sites (tertiary alicyclic amines) is 2. The molecule has 2 N–H and O–H groups in total. The van der Waals surface area contributed by atoms with Crippen molar-refractivity contribution >= 4 is 11.9 Å². The van der Waals surface area contributed by atoms with Gasteiger partial charge in [0, 0.05) is 56.4 Å². The first-order valence-corrected chi connectivity index (χ1v) is 18.4. The predicted octanol–water partition coefficient (Wildman–Crippen LogP) is 7.05. The Balaban J connectivity index is 0.000000705. The highest BCUT2D eigenvalue weighted by atomic mass is 19.4. The molecule has 6 rings (SSSR count). The quantitative estimate of drug-likeness (QED) is 0.151. The molecule has 1 aromatic heterocycles. The number of aliphatic carboxylic acids is 1. The Hall–Kier alpha value is -4.58. The summed E-state index contributed by atoms with van der Waals surface area (Å²) in [5, 5.41) is 10.7.